The monoisotopic (exact) mass is 254 g/mol. The lowest BCUT2D eigenvalue weighted by Crippen LogP contribution is -2.20. The number of benzene rings is 1. The zero-order valence-corrected chi connectivity index (χ0v) is 11.0. The highest BCUT2D eigenvalue weighted by Gasteiger charge is 2.20. The Hall–Kier alpha value is -0.910. The van der Waals surface area contributed by atoms with Crippen LogP contribution in [0.4, 0.5) is 0 Å². The summed E-state index contributed by atoms with van der Waals surface area (Å²) in [5, 5.41) is 3.40. The standard InChI is InChI=1S/C12H18N2O2S/c1-9-3-6-12(17(15,16)13-2)7-10(9)8-14-11-4-5-11/h3,6-7,11,13-14H,4-5,8H2,1-2H3. The third-order valence-electron chi connectivity index (χ3n) is 3.06. The average Bonchev–Trinajstić information content (AvgIpc) is 3.11. The molecule has 0 spiro atoms. The largest absolute Gasteiger partial charge is 0.310 e. The number of rotatable bonds is 5. The molecule has 17 heavy (non-hydrogen) atoms. The topological polar surface area (TPSA) is 58.2 Å². The molecule has 0 heterocycles. The highest BCUT2D eigenvalue weighted by molar-refractivity contribution is 7.89. The Labute approximate surface area is 102 Å². The first-order valence-corrected chi connectivity index (χ1v) is 7.28. The predicted molar refractivity (Wildman–Crippen MR) is 67.3 cm³/mol. The zero-order valence-electron chi connectivity index (χ0n) is 10.2. The van der Waals surface area contributed by atoms with Gasteiger partial charge in [-0.3, -0.25) is 0 Å². The fraction of sp³-hybridized carbons (Fsp3) is 0.500. The highest BCUT2D eigenvalue weighted by atomic mass is 32.2. The van der Waals surface area contributed by atoms with Crippen LogP contribution < -0.4 is 10.0 Å². The van der Waals surface area contributed by atoms with Crippen LogP contribution in [0.3, 0.4) is 0 Å². The van der Waals surface area contributed by atoms with Crippen molar-refractivity contribution in [3.63, 3.8) is 0 Å². The third-order valence-corrected chi connectivity index (χ3v) is 4.47. The number of hydrogen-bond acceptors (Lipinski definition) is 3. The van der Waals surface area contributed by atoms with Gasteiger partial charge in [-0.1, -0.05) is 6.07 Å². The van der Waals surface area contributed by atoms with Crippen LogP contribution in [0.1, 0.15) is 24.0 Å². The second-order valence-electron chi connectivity index (χ2n) is 4.45. The molecule has 0 bridgehead atoms. The fourth-order valence-electron chi connectivity index (χ4n) is 1.67. The molecule has 0 aliphatic heterocycles. The van der Waals surface area contributed by atoms with Crippen LogP contribution in [0, 0.1) is 6.92 Å². The summed E-state index contributed by atoms with van der Waals surface area (Å²) in [6.45, 7) is 2.74. The molecule has 1 aliphatic rings. The van der Waals surface area contributed by atoms with Crippen molar-refractivity contribution in [3.8, 4) is 0 Å². The van der Waals surface area contributed by atoms with Gasteiger partial charge in [-0.15, -0.1) is 0 Å². The van der Waals surface area contributed by atoms with Gasteiger partial charge in [0.15, 0.2) is 0 Å². The van der Waals surface area contributed by atoms with E-state index in [4.69, 9.17) is 0 Å². The van der Waals surface area contributed by atoms with Gasteiger partial charge in [0.2, 0.25) is 10.0 Å². The Bertz CT molecular complexity index is 507. The Morgan fingerprint density at radius 1 is 1.35 bits per heavy atom. The van der Waals surface area contributed by atoms with Crippen LogP contribution in [0.25, 0.3) is 0 Å². The summed E-state index contributed by atoms with van der Waals surface area (Å²) in [6, 6.07) is 5.87. The molecule has 1 fully saturated rings. The second kappa shape index (κ2) is 4.76. The van der Waals surface area contributed by atoms with Crippen LogP contribution >= 0.6 is 0 Å². The van der Waals surface area contributed by atoms with E-state index in [9.17, 15) is 8.42 Å². The summed E-state index contributed by atoms with van der Waals surface area (Å²) in [7, 11) is -1.91. The van der Waals surface area contributed by atoms with E-state index in [1.165, 1.54) is 19.9 Å². The summed E-state index contributed by atoms with van der Waals surface area (Å²) in [6.07, 6.45) is 2.46. The predicted octanol–water partition coefficient (Wildman–Crippen LogP) is 1.16. The lowest BCUT2D eigenvalue weighted by molar-refractivity contribution is 0.588. The molecule has 0 radical (unpaired) electrons. The Morgan fingerprint density at radius 3 is 2.65 bits per heavy atom. The molecule has 0 saturated heterocycles. The smallest absolute Gasteiger partial charge is 0.240 e. The zero-order chi connectivity index (χ0) is 12.5. The molecule has 1 saturated carbocycles. The first-order chi connectivity index (χ1) is 8.03. The van der Waals surface area contributed by atoms with Crippen molar-refractivity contribution in [1.29, 1.82) is 0 Å². The molecule has 94 valence electrons. The lowest BCUT2D eigenvalue weighted by atomic mass is 10.1. The molecule has 0 unspecified atom stereocenters. The molecule has 1 aromatic carbocycles. The van der Waals surface area contributed by atoms with Gasteiger partial charge in [0.1, 0.15) is 0 Å². The van der Waals surface area contributed by atoms with Gasteiger partial charge < -0.3 is 5.32 Å². The van der Waals surface area contributed by atoms with Gasteiger partial charge in [-0.05, 0) is 50.1 Å². The molecule has 1 aromatic rings. The maximum absolute atomic E-state index is 11.7. The average molecular weight is 254 g/mol. The maximum atomic E-state index is 11.7. The van der Waals surface area contributed by atoms with E-state index in [0.717, 1.165) is 17.7 Å². The Balaban J connectivity index is 2.21. The van der Waals surface area contributed by atoms with Gasteiger partial charge in [-0.2, -0.15) is 0 Å². The van der Waals surface area contributed by atoms with Crippen LogP contribution in [0.15, 0.2) is 23.1 Å². The van der Waals surface area contributed by atoms with Gasteiger partial charge in [0, 0.05) is 12.6 Å². The van der Waals surface area contributed by atoms with E-state index in [2.05, 4.69) is 10.0 Å². The van der Waals surface area contributed by atoms with Gasteiger partial charge >= 0.3 is 0 Å². The molecule has 2 rings (SSSR count). The molecule has 0 aromatic heterocycles. The van der Waals surface area contributed by atoms with Crippen molar-refractivity contribution in [2.45, 2.75) is 37.2 Å². The van der Waals surface area contributed by atoms with Crippen molar-refractivity contribution in [1.82, 2.24) is 10.0 Å². The van der Waals surface area contributed by atoms with Crippen molar-refractivity contribution in [3.05, 3.63) is 29.3 Å². The molecule has 4 nitrogen and oxygen atoms in total. The highest BCUT2D eigenvalue weighted by Crippen LogP contribution is 2.21. The molecule has 0 amide bonds. The van der Waals surface area contributed by atoms with Crippen LogP contribution in [-0.2, 0) is 16.6 Å². The van der Waals surface area contributed by atoms with Crippen molar-refractivity contribution < 1.29 is 8.42 Å². The van der Waals surface area contributed by atoms with E-state index in [0.29, 0.717) is 10.9 Å². The molecular formula is C12H18N2O2S. The minimum atomic E-state index is -3.34. The van der Waals surface area contributed by atoms with E-state index in [1.54, 1.807) is 12.1 Å². The van der Waals surface area contributed by atoms with Gasteiger partial charge in [-0.25, -0.2) is 13.1 Å². The van der Waals surface area contributed by atoms with E-state index in [1.807, 2.05) is 13.0 Å². The maximum Gasteiger partial charge on any atom is 0.240 e. The molecule has 2 N–H and O–H groups in total. The van der Waals surface area contributed by atoms with Crippen LogP contribution in [0.2, 0.25) is 0 Å². The first-order valence-electron chi connectivity index (χ1n) is 5.79. The molecular weight excluding hydrogens is 236 g/mol. The van der Waals surface area contributed by atoms with E-state index < -0.39 is 10.0 Å². The molecule has 1 aliphatic carbocycles. The van der Waals surface area contributed by atoms with Gasteiger partial charge in [0.05, 0.1) is 4.90 Å². The quantitative estimate of drug-likeness (QED) is 0.829. The van der Waals surface area contributed by atoms with Crippen molar-refractivity contribution >= 4 is 10.0 Å². The first kappa shape index (κ1) is 12.5. The summed E-state index contributed by atoms with van der Waals surface area (Å²) in [5.74, 6) is 0. The summed E-state index contributed by atoms with van der Waals surface area (Å²) >= 11 is 0. The summed E-state index contributed by atoms with van der Waals surface area (Å²) < 4.78 is 25.7. The lowest BCUT2D eigenvalue weighted by Gasteiger charge is -2.10. The van der Waals surface area contributed by atoms with Crippen molar-refractivity contribution in [2.24, 2.45) is 0 Å². The molecule has 0 atom stereocenters. The van der Waals surface area contributed by atoms with E-state index in [-0.39, 0.29) is 0 Å². The molecule has 5 heteroatoms. The van der Waals surface area contributed by atoms with Crippen LogP contribution in [-0.4, -0.2) is 21.5 Å². The number of nitrogens with one attached hydrogen (secondary N) is 2. The minimum absolute atomic E-state index is 0.332. The number of aryl methyl sites for hydroxylation is 1. The number of sulfonamides is 1. The summed E-state index contributed by atoms with van der Waals surface area (Å²) in [4.78, 5) is 0.332. The van der Waals surface area contributed by atoms with E-state index >= 15 is 0 Å². The normalized spacial score (nSPS) is 16.1. The minimum Gasteiger partial charge on any atom is -0.310 e. The number of hydrogen-bond donors (Lipinski definition) is 2. The second-order valence-corrected chi connectivity index (χ2v) is 6.34. The third kappa shape index (κ3) is 3.06. The summed E-state index contributed by atoms with van der Waals surface area (Å²) in [5.41, 5.74) is 2.17. The Morgan fingerprint density at radius 2 is 2.06 bits per heavy atom. The van der Waals surface area contributed by atoms with Crippen LogP contribution in [0.5, 0.6) is 0 Å². The van der Waals surface area contributed by atoms with Gasteiger partial charge in [0.25, 0.3) is 0 Å². The SMILES string of the molecule is CNS(=O)(=O)c1ccc(C)c(CNC2CC2)c1. The Kier molecular flexibility index (Phi) is 3.51. The fourth-order valence-corrected chi connectivity index (χ4v) is 2.45. The van der Waals surface area contributed by atoms with Crippen molar-refractivity contribution in [2.75, 3.05) is 7.05 Å².